The minimum absolute atomic E-state index is 0.158. The van der Waals surface area contributed by atoms with Gasteiger partial charge in [0.25, 0.3) is 0 Å². The molecule has 2 rings (SSSR count). The van der Waals surface area contributed by atoms with Crippen LogP contribution in [0.4, 0.5) is 5.69 Å². The summed E-state index contributed by atoms with van der Waals surface area (Å²) in [5.41, 5.74) is -0.467. The van der Waals surface area contributed by atoms with Crippen LogP contribution in [0.3, 0.4) is 0 Å². The number of hydrogen-bond donors (Lipinski definition) is 1. The van der Waals surface area contributed by atoms with E-state index >= 15 is 0 Å². The van der Waals surface area contributed by atoms with E-state index in [4.69, 9.17) is 4.74 Å². The summed E-state index contributed by atoms with van der Waals surface area (Å²) in [7, 11) is 1.49. The zero-order valence-electron chi connectivity index (χ0n) is 10.5. The largest absolute Gasteiger partial charge is 0.854 e. The summed E-state index contributed by atoms with van der Waals surface area (Å²) in [5, 5.41) is 14.1. The van der Waals surface area contributed by atoms with Gasteiger partial charge in [-0.25, -0.2) is 4.79 Å². The summed E-state index contributed by atoms with van der Waals surface area (Å²) >= 11 is 0. The van der Waals surface area contributed by atoms with Crippen molar-refractivity contribution in [3.05, 3.63) is 40.4 Å². The first-order valence-corrected chi connectivity index (χ1v) is 5.68. The van der Waals surface area contributed by atoms with E-state index in [9.17, 15) is 9.90 Å². The van der Waals surface area contributed by atoms with Gasteiger partial charge in [-0.15, -0.1) is 0 Å². The average Bonchev–Trinajstić information content (AvgIpc) is 2.72. The Morgan fingerprint density at radius 2 is 2.16 bits per heavy atom. The van der Waals surface area contributed by atoms with Crippen LogP contribution in [0.15, 0.2) is 38.6 Å². The number of aliphatic imine (C=N–C) groups is 1. The van der Waals surface area contributed by atoms with Gasteiger partial charge in [0, 0.05) is 0 Å². The van der Waals surface area contributed by atoms with Gasteiger partial charge in [-0.2, -0.15) is 0 Å². The van der Waals surface area contributed by atoms with Crippen molar-refractivity contribution in [1.29, 1.82) is 0 Å². The van der Waals surface area contributed by atoms with Crippen molar-refractivity contribution in [2.24, 2.45) is 12.0 Å². The maximum absolute atomic E-state index is 11.8. The molecule has 0 saturated carbocycles. The van der Waals surface area contributed by atoms with E-state index in [1.54, 1.807) is 24.3 Å². The van der Waals surface area contributed by atoms with Crippen LogP contribution in [-0.2, 0) is 7.05 Å². The predicted molar refractivity (Wildman–Crippen MR) is 64.3 cm³/mol. The van der Waals surface area contributed by atoms with Crippen LogP contribution >= 0.6 is 0 Å². The third-order valence-electron chi connectivity index (χ3n) is 2.38. The second kappa shape index (κ2) is 5.38. The molecule has 1 N–H and O–H groups in total. The van der Waals surface area contributed by atoms with Gasteiger partial charge < -0.3 is 9.84 Å². The zero-order chi connectivity index (χ0) is 13.8. The molecular weight excluding hydrogens is 250 g/mol. The zero-order valence-corrected chi connectivity index (χ0v) is 10.5. The van der Waals surface area contributed by atoms with E-state index in [-0.39, 0.29) is 5.69 Å². The number of nitrogens with one attached hydrogen (secondary N) is 1. The minimum atomic E-state index is -0.748. The highest BCUT2D eigenvalue weighted by atomic mass is 16.5. The van der Waals surface area contributed by atoms with E-state index < -0.39 is 11.5 Å². The molecule has 0 aliphatic carbocycles. The molecule has 0 radical (unpaired) electrons. The monoisotopic (exact) mass is 263 g/mol. The molecule has 0 atom stereocenters. The molecule has 7 nitrogen and oxygen atoms in total. The summed E-state index contributed by atoms with van der Waals surface area (Å²) < 4.78 is 10.9. The maximum atomic E-state index is 11.8. The number of ether oxygens (including phenoxy) is 1. The Morgan fingerprint density at radius 3 is 2.68 bits per heavy atom. The minimum Gasteiger partial charge on any atom is -0.854 e. The lowest BCUT2D eigenvalue weighted by atomic mass is 10.3. The van der Waals surface area contributed by atoms with Crippen LogP contribution in [0.2, 0.25) is 0 Å². The number of nitrogens with zero attached hydrogens (tertiary/aromatic N) is 2. The Bertz CT molecular complexity index is 640. The fourth-order valence-electron chi connectivity index (χ4n) is 1.53. The second-order valence-corrected chi connectivity index (χ2v) is 3.73. The number of benzene rings is 1. The van der Waals surface area contributed by atoms with Crippen molar-refractivity contribution in [1.82, 2.24) is 5.27 Å². The fourth-order valence-corrected chi connectivity index (χ4v) is 1.53. The second-order valence-electron chi connectivity index (χ2n) is 3.73. The molecule has 0 saturated heterocycles. The molecule has 0 fully saturated rings. The van der Waals surface area contributed by atoms with E-state index in [0.717, 1.165) is 0 Å². The first-order chi connectivity index (χ1) is 9.11. The highest BCUT2D eigenvalue weighted by Gasteiger charge is 2.17. The third-order valence-corrected chi connectivity index (χ3v) is 2.38. The summed E-state index contributed by atoms with van der Waals surface area (Å²) in [4.78, 5) is 15.1. The number of H-pyrrole nitrogens is 1. The van der Waals surface area contributed by atoms with Gasteiger partial charge in [0.05, 0.1) is 18.2 Å². The molecule has 0 amide bonds. The van der Waals surface area contributed by atoms with E-state index in [1.165, 1.54) is 11.7 Å². The quantitative estimate of drug-likeness (QED) is 0.462. The highest BCUT2D eigenvalue weighted by Crippen LogP contribution is 2.18. The standard InChI is InChI=1S/C12H13N3O4/c1-3-18-9-6-4-8(5-7-9)13-11(16)10-12(17)19-14-15(10)2/h4-7H,3H2,1-2H3,(H-,13,14,16,17). The molecule has 100 valence electrons. The summed E-state index contributed by atoms with van der Waals surface area (Å²) in [5.74, 6) is 0.0299. The smallest absolute Gasteiger partial charge is 0.435 e. The molecule has 1 aromatic heterocycles. The highest BCUT2D eigenvalue weighted by molar-refractivity contribution is 5.88. The Kier molecular flexibility index (Phi) is 3.65. The van der Waals surface area contributed by atoms with Crippen molar-refractivity contribution in [2.75, 3.05) is 6.61 Å². The normalized spacial score (nSPS) is 11.6. The SMILES string of the molecule is CCOc1ccc(N=C([O-])c2c(=O)o[nH][n+]2C)cc1. The fraction of sp³-hybridized carbons (Fsp3) is 0.250. The van der Waals surface area contributed by atoms with Crippen molar-refractivity contribution in [2.45, 2.75) is 6.92 Å². The molecule has 0 aliphatic heterocycles. The number of hydrogen-bond acceptors (Lipinski definition) is 5. The van der Waals surface area contributed by atoms with E-state index in [1.807, 2.05) is 6.92 Å². The summed E-state index contributed by atoms with van der Waals surface area (Å²) in [6.45, 7) is 2.45. The molecule has 19 heavy (non-hydrogen) atoms. The van der Waals surface area contributed by atoms with Crippen LogP contribution in [-0.4, -0.2) is 17.8 Å². The Balaban J connectivity index is 2.28. The first-order valence-electron chi connectivity index (χ1n) is 5.68. The lowest BCUT2D eigenvalue weighted by Crippen LogP contribution is -2.43. The molecule has 0 bridgehead atoms. The number of aromatic amines is 1. The van der Waals surface area contributed by atoms with E-state index in [2.05, 4.69) is 14.8 Å². The van der Waals surface area contributed by atoms with Crippen molar-refractivity contribution in [3.8, 4) is 5.75 Å². The van der Waals surface area contributed by atoms with Gasteiger partial charge >= 0.3 is 11.3 Å². The van der Waals surface area contributed by atoms with Gasteiger partial charge in [0.1, 0.15) is 5.75 Å². The van der Waals surface area contributed by atoms with Gasteiger partial charge in [0.15, 0.2) is 7.05 Å². The molecule has 7 heteroatoms. The molecule has 1 heterocycles. The third kappa shape index (κ3) is 2.82. The molecule has 1 aromatic carbocycles. The van der Waals surface area contributed by atoms with Gasteiger partial charge in [-0.05, 0) is 36.5 Å². The number of aryl methyl sites for hydroxylation is 1. The van der Waals surface area contributed by atoms with E-state index in [0.29, 0.717) is 18.0 Å². The van der Waals surface area contributed by atoms with Gasteiger partial charge in [-0.3, -0.25) is 9.52 Å². The van der Waals surface area contributed by atoms with Gasteiger partial charge in [-0.1, -0.05) is 4.68 Å². The number of rotatable bonds is 4. The maximum Gasteiger partial charge on any atom is 0.435 e. The van der Waals surface area contributed by atoms with Gasteiger partial charge in [0.2, 0.25) is 0 Å². The number of aromatic nitrogens is 2. The molecule has 0 spiro atoms. The van der Waals surface area contributed by atoms with Crippen molar-refractivity contribution < 1.29 is 19.0 Å². The Labute approximate surface area is 108 Å². The predicted octanol–water partition coefficient (Wildman–Crippen LogP) is -0.370. The van der Waals surface area contributed by atoms with Crippen LogP contribution in [0.25, 0.3) is 0 Å². The molecule has 0 unspecified atom stereocenters. The van der Waals surface area contributed by atoms with Crippen LogP contribution < -0.4 is 20.2 Å². The molecule has 0 aliphatic rings. The lowest BCUT2D eigenvalue weighted by Gasteiger charge is -2.05. The van der Waals surface area contributed by atoms with Crippen LogP contribution in [0.1, 0.15) is 12.6 Å². The molecular formula is C12H13N3O4. The van der Waals surface area contributed by atoms with Crippen molar-refractivity contribution in [3.63, 3.8) is 0 Å². The average molecular weight is 263 g/mol. The Morgan fingerprint density at radius 1 is 1.47 bits per heavy atom. The van der Waals surface area contributed by atoms with Crippen LogP contribution in [0.5, 0.6) is 5.75 Å². The van der Waals surface area contributed by atoms with Crippen LogP contribution in [0, 0.1) is 0 Å². The first kappa shape index (κ1) is 12.9. The topological polar surface area (TPSA) is 94.5 Å². The van der Waals surface area contributed by atoms with Crippen molar-refractivity contribution >= 4 is 11.6 Å². The lowest BCUT2D eigenvalue weighted by molar-refractivity contribution is -0.742. The molecule has 2 aromatic rings. The summed E-state index contributed by atoms with van der Waals surface area (Å²) in [6.07, 6.45) is 0. The summed E-state index contributed by atoms with van der Waals surface area (Å²) in [6, 6.07) is 6.68. The Hall–Kier alpha value is -2.57.